The van der Waals surface area contributed by atoms with Crippen LogP contribution in [-0.2, 0) is 20.6 Å². The number of primary amides is 1. The van der Waals surface area contributed by atoms with Gasteiger partial charge in [0.15, 0.2) is 0 Å². The van der Waals surface area contributed by atoms with Crippen LogP contribution >= 0.6 is 12.2 Å². The monoisotopic (exact) mass is 329 g/mol. The Kier molecular flexibility index (Phi) is 5.43. The third kappa shape index (κ3) is 6.19. The van der Waals surface area contributed by atoms with Gasteiger partial charge >= 0.3 is 0 Å². The fourth-order valence-electron chi connectivity index (χ4n) is 1.91. The zero-order valence-corrected chi connectivity index (χ0v) is 13.6. The molecule has 0 heterocycles. The Bertz CT molecular complexity index is 637. The summed E-state index contributed by atoms with van der Waals surface area (Å²) < 4.78 is 26.7. The van der Waals surface area contributed by atoms with Gasteiger partial charge in [0.05, 0.1) is 5.75 Å². The Morgan fingerprint density at radius 3 is 2.19 bits per heavy atom. The number of carbonyl (C=O) groups excluding carboxylic acids is 1. The first-order chi connectivity index (χ1) is 9.51. The Labute approximate surface area is 129 Å². The number of amides is 1. The number of nitrogens with two attached hydrogens (primary N) is 2. The van der Waals surface area contributed by atoms with Gasteiger partial charge in [-0.05, 0) is 19.4 Å². The van der Waals surface area contributed by atoms with E-state index in [9.17, 15) is 13.2 Å². The quantitative estimate of drug-likeness (QED) is 0.626. The first kappa shape index (κ1) is 17.5. The third-order valence-electron chi connectivity index (χ3n) is 2.64. The van der Waals surface area contributed by atoms with E-state index in [1.165, 1.54) is 0 Å². The fraction of sp³-hybridized carbons (Fsp3) is 0.385. The van der Waals surface area contributed by atoms with Gasteiger partial charge in [0.2, 0.25) is 15.9 Å². The highest BCUT2D eigenvalue weighted by Crippen LogP contribution is 2.13. The molecule has 1 aromatic carbocycles. The van der Waals surface area contributed by atoms with Crippen LogP contribution in [0.2, 0.25) is 0 Å². The maximum atomic E-state index is 12.1. The second-order valence-corrected chi connectivity index (χ2v) is 7.61. The van der Waals surface area contributed by atoms with Gasteiger partial charge in [-0.1, -0.05) is 36.5 Å². The Hall–Kier alpha value is -1.51. The minimum absolute atomic E-state index is 0.0768. The van der Waals surface area contributed by atoms with E-state index in [-0.39, 0.29) is 17.2 Å². The normalized spacial score (nSPS) is 12.1. The van der Waals surface area contributed by atoms with Crippen LogP contribution in [0.4, 0.5) is 0 Å². The maximum Gasteiger partial charge on any atom is 0.219 e. The summed E-state index contributed by atoms with van der Waals surface area (Å²) in [7, 11) is -3.59. The van der Waals surface area contributed by atoms with Crippen molar-refractivity contribution in [3.63, 3.8) is 0 Å². The molecule has 5 N–H and O–H groups in total. The lowest BCUT2D eigenvalue weighted by Crippen LogP contribution is -2.46. The summed E-state index contributed by atoms with van der Waals surface area (Å²) >= 11 is 4.83. The summed E-state index contributed by atoms with van der Waals surface area (Å²) in [5.74, 6) is -0.768. The molecular formula is C13H19N3O3S2. The van der Waals surface area contributed by atoms with Crippen LogP contribution < -0.4 is 16.2 Å². The molecule has 0 aliphatic heterocycles. The average molecular weight is 329 g/mol. The van der Waals surface area contributed by atoms with Crippen LogP contribution in [0.1, 0.15) is 31.4 Å². The van der Waals surface area contributed by atoms with Gasteiger partial charge in [-0.15, -0.1) is 0 Å². The van der Waals surface area contributed by atoms with Crippen LogP contribution in [0.3, 0.4) is 0 Å². The van der Waals surface area contributed by atoms with Crippen LogP contribution in [0.25, 0.3) is 0 Å². The van der Waals surface area contributed by atoms with E-state index < -0.39 is 21.5 Å². The molecule has 1 amide bonds. The van der Waals surface area contributed by atoms with E-state index >= 15 is 0 Å². The molecule has 0 bridgehead atoms. The van der Waals surface area contributed by atoms with Gasteiger partial charge in [0.25, 0.3) is 0 Å². The van der Waals surface area contributed by atoms with Crippen molar-refractivity contribution in [3.8, 4) is 0 Å². The van der Waals surface area contributed by atoms with Crippen LogP contribution in [0.5, 0.6) is 0 Å². The lowest BCUT2D eigenvalue weighted by molar-refractivity contribution is -0.119. The number of thiocarbonyl (C=S) groups is 1. The lowest BCUT2D eigenvalue weighted by Gasteiger charge is -2.24. The summed E-state index contributed by atoms with van der Waals surface area (Å²) in [5, 5.41) is 0. The first-order valence-corrected chi connectivity index (χ1v) is 8.25. The minimum Gasteiger partial charge on any atom is -0.389 e. The number of nitrogens with one attached hydrogen (secondary N) is 1. The molecule has 1 rings (SSSR count). The zero-order valence-electron chi connectivity index (χ0n) is 11.9. The molecule has 0 spiro atoms. The third-order valence-corrected chi connectivity index (χ3v) is 4.46. The topological polar surface area (TPSA) is 115 Å². The van der Waals surface area contributed by atoms with Gasteiger partial charge in [0, 0.05) is 17.5 Å². The summed E-state index contributed by atoms with van der Waals surface area (Å²) in [6.45, 7) is 3.20. The Balaban J connectivity index is 2.80. The number of rotatable bonds is 7. The zero-order chi connectivity index (χ0) is 16.3. The molecule has 0 aliphatic carbocycles. The van der Waals surface area contributed by atoms with Crippen molar-refractivity contribution in [2.45, 2.75) is 31.6 Å². The Morgan fingerprint density at radius 2 is 1.76 bits per heavy atom. The van der Waals surface area contributed by atoms with Crippen molar-refractivity contribution in [2.75, 3.05) is 0 Å². The van der Waals surface area contributed by atoms with Crippen molar-refractivity contribution < 1.29 is 13.2 Å². The van der Waals surface area contributed by atoms with Crippen LogP contribution in [-0.4, -0.2) is 24.9 Å². The summed E-state index contributed by atoms with van der Waals surface area (Å²) in [6.07, 6.45) is -0.0768. The summed E-state index contributed by atoms with van der Waals surface area (Å²) in [6, 6.07) is 6.63. The number of hydrogen-bond acceptors (Lipinski definition) is 4. The number of carbonyl (C=O) groups is 1. The number of hydrogen-bond donors (Lipinski definition) is 3. The molecule has 0 unspecified atom stereocenters. The van der Waals surface area contributed by atoms with E-state index in [0.29, 0.717) is 11.1 Å². The standard InChI is InChI=1S/C13H19N3O3S2/c1-13(2,7-11(14)17)16-21(18,19)8-9-3-5-10(6-4-9)12(15)20/h3-6,16H,7-8H2,1-2H3,(H2,14,17)(H2,15,20). The fourth-order valence-corrected chi connectivity index (χ4v) is 3.67. The molecule has 0 saturated heterocycles. The van der Waals surface area contributed by atoms with E-state index in [1.807, 2.05) is 0 Å². The molecule has 0 radical (unpaired) electrons. The van der Waals surface area contributed by atoms with Gasteiger partial charge in [-0.3, -0.25) is 4.79 Å². The SMILES string of the molecule is CC(C)(CC(N)=O)NS(=O)(=O)Cc1ccc(C(N)=S)cc1. The van der Waals surface area contributed by atoms with E-state index in [0.717, 1.165) is 0 Å². The number of sulfonamides is 1. The van der Waals surface area contributed by atoms with Gasteiger partial charge < -0.3 is 11.5 Å². The summed E-state index contributed by atoms with van der Waals surface area (Å²) in [4.78, 5) is 11.2. The van der Waals surface area contributed by atoms with Crippen molar-refractivity contribution in [1.82, 2.24) is 4.72 Å². The van der Waals surface area contributed by atoms with Crippen LogP contribution in [0.15, 0.2) is 24.3 Å². The molecule has 0 atom stereocenters. The van der Waals surface area contributed by atoms with E-state index in [2.05, 4.69) is 4.72 Å². The molecule has 21 heavy (non-hydrogen) atoms. The highest BCUT2D eigenvalue weighted by Gasteiger charge is 2.26. The summed E-state index contributed by atoms with van der Waals surface area (Å²) in [5.41, 5.74) is 10.9. The van der Waals surface area contributed by atoms with Crippen molar-refractivity contribution in [2.24, 2.45) is 11.5 Å². The molecule has 0 aromatic heterocycles. The first-order valence-electron chi connectivity index (χ1n) is 6.19. The molecular weight excluding hydrogens is 310 g/mol. The molecule has 0 fully saturated rings. The lowest BCUT2D eigenvalue weighted by atomic mass is 10.0. The van der Waals surface area contributed by atoms with Crippen molar-refractivity contribution in [1.29, 1.82) is 0 Å². The number of benzene rings is 1. The van der Waals surface area contributed by atoms with Gasteiger partial charge in [-0.25, -0.2) is 13.1 Å². The second kappa shape index (κ2) is 6.50. The predicted molar refractivity (Wildman–Crippen MR) is 86.0 cm³/mol. The molecule has 116 valence electrons. The van der Waals surface area contributed by atoms with Crippen molar-refractivity contribution >= 4 is 33.1 Å². The maximum absolute atomic E-state index is 12.1. The minimum atomic E-state index is -3.59. The Morgan fingerprint density at radius 1 is 1.24 bits per heavy atom. The molecule has 0 saturated carbocycles. The van der Waals surface area contributed by atoms with Crippen molar-refractivity contribution in [3.05, 3.63) is 35.4 Å². The second-order valence-electron chi connectivity index (χ2n) is 5.45. The largest absolute Gasteiger partial charge is 0.389 e. The average Bonchev–Trinajstić information content (AvgIpc) is 2.24. The van der Waals surface area contributed by atoms with Gasteiger partial charge in [0.1, 0.15) is 4.99 Å². The molecule has 8 heteroatoms. The van der Waals surface area contributed by atoms with E-state index in [1.54, 1.807) is 38.1 Å². The van der Waals surface area contributed by atoms with Gasteiger partial charge in [-0.2, -0.15) is 0 Å². The smallest absolute Gasteiger partial charge is 0.219 e. The van der Waals surface area contributed by atoms with E-state index in [4.69, 9.17) is 23.7 Å². The molecule has 1 aromatic rings. The molecule has 6 nitrogen and oxygen atoms in total. The highest BCUT2D eigenvalue weighted by atomic mass is 32.2. The highest BCUT2D eigenvalue weighted by molar-refractivity contribution is 7.88. The molecule has 0 aliphatic rings. The predicted octanol–water partition coefficient (Wildman–Crippen LogP) is 0.394. The van der Waals surface area contributed by atoms with Crippen LogP contribution in [0, 0.1) is 0 Å².